The fourth-order valence-corrected chi connectivity index (χ4v) is 3.08. The lowest BCUT2D eigenvalue weighted by Crippen LogP contribution is -2.32. The Hall–Kier alpha value is -3.95. The Morgan fingerprint density at radius 1 is 0.941 bits per heavy atom. The van der Waals surface area contributed by atoms with Crippen LogP contribution in [0.5, 0.6) is 11.5 Å². The second-order valence-electron chi connectivity index (χ2n) is 6.58. The average molecular weight is 504 g/mol. The summed E-state index contributed by atoms with van der Waals surface area (Å²) < 4.78 is 23.5. The van der Waals surface area contributed by atoms with Crippen LogP contribution in [0.15, 0.2) is 65.8 Å². The second kappa shape index (κ2) is 11.3. The third-order valence-corrected chi connectivity index (χ3v) is 4.78. The topological polar surface area (TPSA) is 106 Å². The van der Waals surface area contributed by atoms with Gasteiger partial charge in [-0.1, -0.05) is 23.2 Å². The number of halogens is 3. The van der Waals surface area contributed by atoms with Gasteiger partial charge in [-0.2, -0.15) is 5.10 Å². The van der Waals surface area contributed by atoms with Gasteiger partial charge < -0.3 is 14.8 Å². The zero-order valence-electron chi connectivity index (χ0n) is 17.5. The second-order valence-corrected chi connectivity index (χ2v) is 7.43. The number of rotatable bonds is 6. The summed E-state index contributed by atoms with van der Waals surface area (Å²) in [6, 6.07) is 13.8. The normalized spacial score (nSPS) is 10.6. The summed E-state index contributed by atoms with van der Waals surface area (Å²) in [7, 11) is 1.38. The average Bonchev–Trinajstić information content (AvgIpc) is 2.81. The molecule has 0 atom stereocenters. The number of methoxy groups -OCH3 is 1. The molecule has 0 saturated heterocycles. The molecule has 174 valence electrons. The molecule has 3 rings (SSSR count). The molecule has 0 saturated carbocycles. The maximum Gasteiger partial charge on any atom is 0.345 e. The highest BCUT2D eigenvalue weighted by Gasteiger charge is 2.16. The molecule has 3 aromatic rings. The van der Waals surface area contributed by atoms with E-state index in [1.807, 2.05) is 0 Å². The molecular formula is C23H16Cl2FN3O5. The molecule has 8 nitrogen and oxygen atoms in total. The summed E-state index contributed by atoms with van der Waals surface area (Å²) in [4.78, 5) is 36.2. The number of nitrogens with zero attached hydrogens (tertiary/aromatic N) is 1. The highest BCUT2D eigenvalue weighted by molar-refractivity contribution is 6.39. The fraction of sp³-hybridized carbons (Fsp3) is 0.0435. The molecule has 0 fully saturated rings. The fourth-order valence-electron chi connectivity index (χ4n) is 2.60. The summed E-state index contributed by atoms with van der Waals surface area (Å²) in [6.07, 6.45) is 1.26. The highest BCUT2D eigenvalue weighted by Crippen LogP contribution is 2.30. The number of carbonyl (C=O) groups excluding carboxylic acids is 3. The Morgan fingerprint density at radius 2 is 1.68 bits per heavy atom. The van der Waals surface area contributed by atoms with Gasteiger partial charge in [0.25, 0.3) is 0 Å². The first-order valence-corrected chi connectivity index (χ1v) is 10.3. The van der Waals surface area contributed by atoms with Crippen LogP contribution in [-0.4, -0.2) is 31.1 Å². The van der Waals surface area contributed by atoms with E-state index in [4.69, 9.17) is 32.7 Å². The molecule has 0 spiro atoms. The summed E-state index contributed by atoms with van der Waals surface area (Å²) in [5.74, 6) is -2.86. The van der Waals surface area contributed by atoms with Crippen molar-refractivity contribution in [1.82, 2.24) is 5.43 Å². The number of ether oxygens (including phenoxy) is 2. The molecule has 0 aliphatic heterocycles. The molecule has 0 aliphatic rings. The lowest BCUT2D eigenvalue weighted by Gasteiger charge is -2.10. The van der Waals surface area contributed by atoms with Gasteiger partial charge in [0.1, 0.15) is 5.82 Å². The van der Waals surface area contributed by atoms with Crippen LogP contribution in [0, 0.1) is 5.82 Å². The summed E-state index contributed by atoms with van der Waals surface area (Å²) >= 11 is 11.9. The molecule has 34 heavy (non-hydrogen) atoms. The van der Waals surface area contributed by atoms with Crippen LogP contribution < -0.4 is 20.2 Å². The summed E-state index contributed by atoms with van der Waals surface area (Å²) in [6.45, 7) is 0. The van der Waals surface area contributed by atoms with Crippen LogP contribution in [-0.2, 0) is 9.59 Å². The first-order chi connectivity index (χ1) is 16.3. The first-order valence-electron chi connectivity index (χ1n) is 9.52. The van der Waals surface area contributed by atoms with E-state index in [9.17, 15) is 18.8 Å². The standard InChI is InChI=1S/C23H16Cl2FN3O5/c1-33-20-10-13(2-9-19(20)34-23(32)17-8-3-14(24)11-18(17)25)12-27-29-22(31)21(30)28-16-6-4-15(26)5-7-16/h2-12H,1H3,(H,28,30)(H,29,31). The maximum atomic E-state index is 12.9. The lowest BCUT2D eigenvalue weighted by molar-refractivity contribution is -0.136. The van der Waals surface area contributed by atoms with Gasteiger partial charge in [-0.15, -0.1) is 0 Å². The van der Waals surface area contributed by atoms with E-state index in [-0.39, 0.29) is 27.8 Å². The monoisotopic (exact) mass is 503 g/mol. The SMILES string of the molecule is COc1cc(C=NNC(=O)C(=O)Nc2ccc(F)cc2)ccc1OC(=O)c1ccc(Cl)cc1Cl. The summed E-state index contributed by atoms with van der Waals surface area (Å²) in [5, 5.41) is 6.53. The van der Waals surface area contributed by atoms with E-state index in [0.29, 0.717) is 10.6 Å². The molecule has 11 heteroatoms. The van der Waals surface area contributed by atoms with Gasteiger partial charge in [0, 0.05) is 10.7 Å². The molecule has 0 aliphatic carbocycles. The number of hydrogen-bond donors (Lipinski definition) is 2. The third-order valence-electron chi connectivity index (χ3n) is 4.23. The zero-order valence-corrected chi connectivity index (χ0v) is 19.0. The van der Waals surface area contributed by atoms with Gasteiger partial charge in [-0.3, -0.25) is 9.59 Å². The van der Waals surface area contributed by atoms with E-state index in [1.54, 1.807) is 6.07 Å². The van der Waals surface area contributed by atoms with Crippen molar-refractivity contribution < 1.29 is 28.2 Å². The van der Waals surface area contributed by atoms with E-state index in [0.717, 1.165) is 12.1 Å². The maximum absolute atomic E-state index is 12.9. The van der Waals surface area contributed by atoms with E-state index >= 15 is 0 Å². The molecule has 0 bridgehead atoms. The van der Waals surface area contributed by atoms with Gasteiger partial charge in [0.05, 0.1) is 23.9 Å². The highest BCUT2D eigenvalue weighted by atomic mass is 35.5. The van der Waals surface area contributed by atoms with Gasteiger partial charge in [0.15, 0.2) is 11.5 Å². The molecule has 0 aromatic heterocycles. The van der Waals surface area contributed by atoms with Gasteiger partial charge in [0.2, 0.25) is 0 Å². The molecule has 2 N–H and O–H groups in total. The number of hydrogen-bond acceptors (Lipinski definition) is 6. The van der Waals surface area contributed by atoms with Crippen molar-refractivity contribution in [1.29, 1.82) is 0 Å². The van der Waals surface area contributed by atoms with Crippen molar-refractivity contribution in [3.63, 3.8) is 0 Å². The van der Waals surface area contributed by atoms with Crippen LogP contribution in [0.2, 0.25) is 10.0 Å². The van der Waals surface area contributed by atoms with Crippen LogP contribution in [0.4, 0.5) is 10.1 Å². The summed E-state index contributed by atoms with van der Waals surface area (Å²) in [5.41, 5.74) is 2.92. The molecule has 2 amide bonds. The number of benzene rings is 3. The number of anilines is 1. The Labute approximate surface area is 203 Å². The van der Waals surface area contributed by atoms with Gasteiger partial charge >= 0.3 is 17.8 Å². The van der Waals surface area contributed by atoms with Crippen LogP contribution >= 0.6 is 23.2 Å². The van der Waals surface area contributed by atoms with Crippen molar-refractivity contribution in [2.75, 3.05) is 12.4 Å². The van der Waals surface area contributed by atoms with E-state index in [1.165, 1.54) is 55.8 Å². The Morgan fingerprint density at radius 3 is 2.35 bits per heavy atom. The number of esters is 1. The van der Waals surface area contributed by atoms with Crippen molar-refractivity contribution in [2.45, 2.75) is 0 Å². The van der Waals surface area contributed by atoms with Crippen molar-refractivity contribution in [2.24, 2.45) is 5.10 Å². The third kappa shape index (κ3) is 6.53. The Bertz CT molecular complexity index is 1270. The molecular weight excluding hydrogens is 488 g/mol. The Balaban J connectivity index is 1.62. The van der Waals surface area contributed by atoms with Crippen molar-refractivity contribution in [3.8, 4) is 11.5 Å². The zero-order chi connectivity index (χ0) is 24.7. The van der Waals surface area contributed by atoms with E-state index < -0.39 is 23.6 Å². The minimum Gasteiger partial charge on any atom is -0.493 e. The van der Waals surface area contributed by atoms with Crippen molar-refractivity contribution in [3.05, 3.63) is 87.7 Å². The van der Waals surface area contributed by atoms with Gasteiger partial charge in [-0.25, -0.2) is 14.6 Å². The largest absolute Gasteiger partial charge is 0.493 e. The van der Waals surface area contributed by atoms with Crippen LogP contribution in [0.25, 0.3) is 0 Å². The first kappa shape index (κ1) is 24.7. The lowest BCUT2D eigenvalue weighted by atomic mass is 10.2. The molecule has 0 heterocycles. The van der Waals surface area contributed by atoms with Crippen molar-refractivity contribution >= 4 is 52.9 Å². The molecule has 3 aromatic carbocycles. The predicted molar refractivity (Wildman–Crippen MR) is 125 cm³/mol. The quantitative estimate of drug-likeness (QED) is 0.170. The number of carbonyl (C=O) groups is 3. The predicted octanol–water partition coefficient (Wildman–Crippen LogP) is 4.45. The van der Waals surface area contributed by atoms with Gasteiger partial charge in [-0.05, 0) is 66.2 Å². The molecule has 0 radical (unpaired) electrons. The molecule has 0 unspecified atom stereocenters. The van der Waals surface area contributed by atoms with E-state index in [2.05, 4.69) is 15.8 Å². The van der Waals surface area contributed by atoms with Crippen LogP contribution in [0.3, 0.4) is 0 Å². The Kier molecular flexibility index (Phi) is 8.18. The number of hydrazone groups is 1. The number of amides is 2. The smallest absolute Gasteiger partial charge is 0.345 e. The minimum atomic E-state index is -1.03. The minimum absolute atomic E-state index is 0.123. The number of nitrogens with one attached hydrogen (secondary N) is 2. The van der Waals surface area contributed by atoms with Crippen LogP contribution in [0.1, 0.15) is 15.9 Å².